The Morgan fingerprint density at radius 2 is 2.25 bits per heavy atom. The summed E-state index contributed by atoms with van der Waals surface area (Å²) in [5.41, 5.74) is 2.48. The molecule has 1 heteroatoms. The fraction of sp³-hybridized carbons (Fsp3) is 0.273. The first-order valence-electron chi connectivity index (χ1n) is 4.10. The molecule has 0 bridgehead atoms. The Labute approximate surface area is 78.9 Å². The summed E-state index contributed by atoms with van der Waals surface area (Å²) >= 11 is 6.00. The molecule has 0 saturated heterocycles. The van der Waals surface area contributed by atoms with Crippen molar-refractivity contribution < 1.29 is 0 Å². The molecule has 1 aromatic carbocycles. The van der Waals surface area contributed by atoms with Gasteiger partial charge >= 0.3 is 0 Å². The van der Waals surface area contributed by atoms with Crippen molar-refractivity contribution in [1.82, 2.24) is 0 Å². The number of rotatable bonds is 3. The van der Waals surface area contributed by atoms with Gasteiger partial charge in [-0.1, -0.05) is 35.4 Å². The summed E-state index contributed by atoms with van der Waals surface area (Å²) in [4.78, 5) is 0. The highest BCUT2D eigenvalue weighted by Crippen LogP contribution is 2.18. The molecule has 0 saturated carbocycles. The lowest BCUT2D eigenvalue weighted by molar-refractivity contribution is 1.00. The van der Waals surface area contributed by atoms with Crippen LogP contribution in [0.2, 0.25) is 5.02 Å². The zero-order chi connectivity index (χ0) is 8.97. The highest BCUT2D eigenvalue weighted by atomic mass is 35.5. The highest BCUT2D eigenvalue weighted by molar-refractivity contribution is 6.31. The molecule has 0 aromatic heterocycles. The average Bonchev–Trinajstić information content (AvgIpc) is 2.07. The lowest BCUT2D eigenvalue weighted by Gasteiger charge is -2.02. The number of hydrogen-bond acceptors (Lipinski definition) is 0. The van der Waals surface area contributed by atoms with Crippen LogP contribution in [0.4, 0.5) is 0 Å². The van der Waals surface area contributed by atoms with Gasteiger partial charge in [-0.3, -0.25) is 0 Å². The summed E-state index contributed by atoms with van der Waals surface area (Å²) in [6, 6.07) is 6.11. The maximum atomic E-state index is 6.00. The monoisotopic (exact) mass is 180 g/mol. The van der Waals surface area contributed by atoms with E-state index in [1.165, 1.54) is 11.1 Å². The smallest absolute Gasteiger partial charge is 0.0438 e. The van der Waals surface area contributed by atoms with Crippen LogP contribution in [0.15, 0.2) is 30.9 Å². The fourth-order valence-corrected chi connectivity index (χ4v) is 1.36. The third kappa shape index (κ3) is 2.38. The first-order valence-corrected chi connectivity index (χ1v) is 4.48. The van der Waals surface area contributed by atoms with Gasteiger partial charge in [0.15, 0.2) is 0 Å². The van der Waals surface area contributed by atoms with Crippen molar-refractivity contribution in [3.63, 3.8) is 0 Å². The van der Waals surface area contributed by atoms with E-state index in [1.54, 1.807) is 0 Å². The molecule has 0 N–H and O–H groups in total. The largest absolute Gasteiger partial charge is 0.103 e. The van der Waals surface area contributed by atoms with E-state index in [-0.39, 0.29) is 0 Å². The lowest BCUT2D eigenvalue weighted by Crippen LogP contribution is -1.86. The van der Waals surface area contributed by atoms with Gasteiger partial charge in [0.2, 0.25) is 0 Å². The Morgan fingerprint density at radius 1 is 1.50 bits per heavy atom. The van der Waals surface area contributed by atoms with E-state index in [9.17, 15) is 0 Å². The van der Waals surface area contributed by atoms with Crippen LogP contribution in [-0.2, 0) is 6.42 Å². The third-order valence-electron chi connectivity index (χ3n) is 1.82. The molecular weight excluding hydrogens is 168 g/mol. The number of allylic oxidation sites excluding steroid dienone is 1. The molecule has 0 aliphatic heterocycles. The van der Waals surface area contributed by atoms with Crippen LogP contribution in [0.1, 0.15) is 17.5 Å². The Hall–Kier alpha value is -0.750. The van der Waals surface area contributed by atoms with Crippen molar-refractivity contribution >= 4 is 11.6 Å². The van der Waals surface area contributed by atoms with E-state index in [0.29, 0.717) is 0 Å². The van der Waals surface area contributed by atoms with Crippen molar-refractivity contribution in [2.75, 3.05) is 0 Å². The molecule has 12 heavy (non-hydrogen) atoms. The second-order valence-electron chi connectivity index (χ2n) is 2.92. The van der Waals surface area contributed by atoms with Crippen molar-refractivity contribution in [2.45, 2.75) is 19.8 Å². The predicted molar refractivity (Wildman–Crippen MR) is 54.7 cm³/mol. The van der Waals surface area contributed by atoms with Crippen molar-refractivity contribution in [1.29, 1.82) is 0 Å². The SMILES string of the molecule is C=CCCc1cc(C)ccc1Cl. The molecule has 0 aliphatic rings. The van der Waals surface area contributed by atoms with Gasteiger partial charge in [0.25, 0.3) is 0 Å². The Balaban J connectivity index is 2.82. The van der Waals surface area contributed by atoms with Gasteiger partial charge in [0.05, 0.1) is 0 Å². The van der Waals surface area contributed by atoms with Crippen LogP contribution >= 0.6 is 11.6 Å². The minimum atomic E-state index is 0.863. The normalized spacial score (nSPS) is 9.83. The lowest BCUT2D eigenvalue weighted by atomic mass is 10.1. The van der Waals surface area contributed by atoms with Crippen LogP contribution < -0.4 is 0 Å². The van der Waals surface area contributed by atoms with Crippen molar-refractivity contribution in [3.05, 3.63) is 47.0 Å². The van der Waals surface area contributed by atoms with Crippen LogP contribution in [0, 0.1) is 6.92 Å². The minimum Gasteiger partial charge on any atom is -0.103 e. The zero-order valence-electron chi connectivity index (χ0n) is 7.31. The Morgan fingerprint density at radius 3 is 2.92 bits per heavy atom. The van der Waals surface area contributed by atoms with E-state index >= 15 is 0 Å². The maximum absolute atomic E-state index is 6.00. The summed E-state index contributed by atoms with van der Waals surface area (Å²) in [5.74, 6) is 0. The summed E-state index contributed by atoms with van der Waals surface area (Å²) in [6.07, 6.45) is 3.89. The standard InChI is InChI=1S/C11H13Cl/c1-3-4-5-10-8-9(2)6-7-11(10)12/h3,6-8H,1,4-5H2,2H3. The number of benzene rings is 1. The molecule has 1 aromatic rings. The molecule has 0 spiro atoms. The summed E-state index contributed by atoms with van der Waals surface area (Å²) < 4.78 is 0. The molecule has 0 unspecified atom stereocenters. The minimum absolute atomic E-state index is 0.863. The first kappa shape index (κ1) is 9.34. The first-order chi connectivity index (χ1) is 5.74. The predicted octanol–water partition coefficient (Wildman–Crippen LogP) is 3.77. The second kappa shape index (κ2) is 4.32. The maximum Gasteiger partial charge on any atom is 0.0438 e. The van der Waals surface area contributed by atoms with E-state index in [1.807, 2.05) is 18.2 Å². The van der Waals surface area contributed by atoms with Gasteiger partial charge in [0.1, 0.15) is 0 Å². The van der Waals surface area contributed by atoms with Gasteiger partial charge in [-0.05, 0) is 31.4 Å². The van der Waals surface area contributed by atoms with Crippen molar-refractivity contribution in [3.8, 4) is 0 Å². The van der Waals surface area contributed by atoms with E-state index in [0.717, 1.165) is 17.9 Å². The quantitative estimate of drug-likeness (QED) is 0.622. The highest BCUT2D eigenvalue weighted by Gasteiger charge is 1.98. The molecule has 0 amide bonds. The number of hydrogen-bond donors (Lipinski definition) is 0. The summed E-state index contributed by atoms with van der Waals surface area (Å²) in [5, 5.41) is 0.863. The van der Waals surface area contributed by atoms with Crippen LogP contribution in [-0.4, -0.2) is 0 Å². The van der Waals surface area contributed by atoms with Crippen LogP contribution in [0.5, 0.6) is 0 Å². The van der Waals surface area contributed by atoms with E-state index in [2.05, 4.69) is 19.6 Å². The number of aryl methyl sites for hydroxylation is 2. The molecule has 1 rings (SSSR count). The Bertz CT molecular complexity index is 276. The van der Waals surface area contributed by atoms with Gasteiger partial charge in [-0.25, -0.2) is 0 Å². The molecule has 0 radical (unpaired) electrons. The van der Waals surface area contributed by atoms with Gasteiger partial charge < -0.3 is 0 Å². The second-order valence-corrected chi connectivity index (χ2v) is 3.33. The van der Waals surface area contributed by atoms with Crippen LogP contribution in [0.3, 0.4) is 0 Å². The zero-order valence-corrected chi connectivity index (χ0v) is 8.06. The van der Waals surface area contributed by atoms with Crippen LogP contribution in [0.25, 0.3) is 0 Å². The molecular formula is C11H13Cl. The fourth-order valence-electron chi connectivity index (χ4n) is 1.15. The van der Waals surface area contributed by atoms with Gasteiger partial charge in [0, 0.05) is 5.02 Å². The molecule has 64 valence electrons. The molecule has 0 atom stereocenters. The molecule has 0 nitrogen and oxygen atoms in total. The summed E-state index contributed by atoms with van der Waals surface area (Å²) in [7, 11) is 0. The van der Waals surface area contributed by atoms with E-state index < -0.39 is 0 Å². The van der Waals surface area contributed by atoms with Gasteiger partial charge in [-0.2, -0.15) is 0 Å². The molecule has 0 aliphatic carbocycles. The molecule has 0 fully saturated rings. The molecule has 0 heterocycles. The summed E-state index contributed by atoms with van der Waals surface area (Å²) in [6.45, 7) is 5.76. The topological polar surface area (TPSA) is 0 Å². The average molecular weight is 181 g/mol. The third-order valence-corrected chi connectivity index (χ3v) is 2.19. The Kier molecular flexibility index (Phi) is 3.36. The number of halogens is 1. The van der Waals surface area contributed by atoms with E-state index in [4.69, 9.17) is 11.6 Å². The van der Waals surface area contributed by atoms with Gasteiger partial charge in [-0.15, -0.1) is 6.58 Å². The van der Waals surface area contributed by atoms with Crippen molar-refractivity contribution in [2.24, 2.45) is 0 Å².